The van der Waals surface area contributed by atoms with E-state index in [1.54, 1.807) is 0 Å². The van der Waals surface area contributed by atoms with Crippen molar-refractivity contribution in [1.29, 1.82) is 10.8 Å². The zero-order valence-corrected chi connectivity index (χ0v) is 36.0. The van der Waals surface area contributed by atoms with Crippen LogP contribution in [0.25, 0.3) is 6.08 Å². The van der Waals surface area contributed by atoms with Crippen LogP contribution in [0.2, 0.25) is 0 Å². The van der Waals surface area contributed by atoms with E-state index in [4.69, 9.17) is 10.8 Å². The number of benzene rings is 3. The molecule has 4 nitrogen and oxygen atoms in total. The van der Waals surface area contributed by atoms with Gasteiger partial charge in [-0.25, -0.2) is 0 Å². The average molecular weight is 786 g/mol. The van der Waals surface area contributed by atoms with Crippen molar-refractivity contribution < 1.29 is 4.58 Å². The highest BCUT2D eigenvalue weighted by atomic mass is 32.2. The predicted octanol–water partition coefficient (Wildman–Crippen LogP) is 13.8. The zero-order valence-electron chi connectivity index (χ0n) is 33.5. The highest BCUT2D eigenvalue weighted by Gasteiger charge is 2.44. The molecule has 2 N–H and O–H groups in total. The molecule has 3 aromatic rings. The maximum Gasteiger partial charge on any atom is 0.209 e. The molecule has 0 saturated heterocycles. The van der Waals surface area contributed by atoms with Crippen molar-refractivity contribution in [3.63, 3.8) is 0 Å². The number of hydrogen-bond donors (Lipinski definition) is 2. The SMILES string of the molecule is C=Cc1ccc(CSC(=N)SC(=N)SC2=C(/C=C/C3=[N+](CCCC)c4ccccc4C3(C)C)CC/C2=C\C=C2\N(CCCC)c3ccccc3C2(C)C)cc1. The predicted molar refractivity (Wildman–Crippen MR) is 246 cm³/mol. The number of rotatable bonds is 13. The quantitative estimate of drug-likeness (QED) is 0.103. The molecule has 0 radical (unpaired) electrons. The summed E-state index contributed by atoms with van der Waals surface area (Å²) in [7, 11) is 0. The highest BCUT2D eigenvalue weighted by molar-refractivity contribution is 8.54. The number of anilines is 1. The molecule has 2 heterocycles. The Labute approximate surface area is 343 Å². The fraction of sp³-hybridized carbons (Fsp3) is 0.354. The third kappa shape index (κ3) is 8.95. The van der Waals surface area contributed by atoms with Gasteiger partial charge in [-0.05, 0) is 84.9 Å². The lowest BCUT2D eigenvalue weighted by Gasteiger charge is -2.27. The third-order valence-corrected chi connectivity index (χ3v) is 14.3. The number of para-hydroxylation sites is 2. The van der Waals surface area contributed by atoms with Crippen LogP contribution >= 0.6 is 35.3 Å². The van der Waals surface area contributed by atoms with E-state index in [9.17, 15) is 0 Å². The van der Waals surface area contributed by atoms with Crippen LogP contribution in [0.15, 0.2) is 125 Å². The van der Waals surface area contributed by atoms with Gasteiger partial charge in [-0.1, -0.05) is 150 Å². The van der Waals surface area contributed by atoms with Crippen LogP contribution in [-0.4, -0.2) is 32.1 Å². The van der Waals surface area contributed by atoms with E-state index in [2.05, 4.69) is 155 Å². The summed E-state index contributed by atoms with van der Waals surface area (Å²) in [6, 6.07) is 26.1. The van der Waals surface area contributed by atoms with Crippen LogP contribution in [0.4, 0.5) is 11.4 Å². The van der Waals surface area contributed by atoms with Crippen LogP contribution in [0.5, 0.6) is 0 Å². The second-order valence-electron chi connectivity index (χ2n) is 15.6. The minimum absolute atomic E-state index is 0.109. The first-order valence-corrected chi connectivity index (χ1v) is 22.4. The van der Waals surface area contributed by atoms with Gasteiger partial charge in [-0.2, -0.15) is 4.58 Å². The first kappa shape index (κ1) is 40.9. The molecule has 0 aromatic heterocycles. The molecule has 55 heavy (non-hydrogen) atoms. The van der Waals surface area contributed by atoms with Gasteiger partial charge in [0.1, 0.15) is 15.3 Å². The summed E-state index contributed by atoms with van der Waals surface area (Å²) in [4.78, 5) is 3.69. The first-order chi connectivity index (χ1) is 26.5. The number of allylic oxidation sites excluding steroid dienone is 7. The minimum atomic E-state index is -0.109. The van der Waals surface area contributed by atoms with Crippen molar-refractivity contribution in [3.05, 3.63) is 148 Å². The fourth-order valence-corrected chi connectivity index (χ4v) is 11.0. The fourth-order valence-electron chi connectivity index (χ4n) is 8.03. The largest absolute Gasteiger partial charge is 0.344 e. The van der Waals surface area contributed by atoms with Crippen molar-refractivity contribution in [2.45, 2.75) is 96.7 Å². The van der Waals surface area contributed by atoms with Gasteiger partial charge >= 0.3 is 0 Å². The van der Waals surface area contributed by atoms with Crippen molar-refractivity contribution in [1.82, 2.24) is 0 Å². The average Bonchev–Trinajstić information content (AvgIpc) is 3.74. The van der Waals surface area contributed by atoms with E-state index in [-0.39, 0.29) is 10.8 Å². The molecule has 0 fully saturated rings. The van der Waals surface area contributed by atoms with Crippen molar-refractivity contribution >= 4 is 67.2 Å². The van der Waals surface area contributed by atoms with E-state index in [1.807, 2.05) is 6.08 Å². The molecular weight excluding hydrogens is 729 g/mol. The smallest absolute Gasteiger partial charge is 0.209 e. The summed E-state index contributed by atoms with van der Waals surface area (Å²) in [5, 5.41) is 17.9. The maximum absolute atomic E-state index is 9.15. The van der Waals surface area contributed by atoms with Gasteiger partial charge in [-0.3, -0.25) is 10.8 Å². The molecule has 0 spiro atoms. The molecule has 286 valence electrons. The van der Waals surface area contributed by atoms with Gasteiger partial charge in [0.15, 0.2) is 5.71 Å². The summed E-state index contributed by atoms with van der Waals surface area (Å²) < 4.78 is 3.41. The van der Waals surface area contributed by atoms with Gasteiger partial charge in [0.05, 0.1) is 5.41 Å². The van der Waals surface area contributed by atoms with Gasteiger partial charge < -0.3 is 4.90 Å². The molecule has 3 aromatic carbocycles. The molecule has 0 atom stereocenters. The lowest BCUT2D eigenvalue weighted by Crippen LogP contribution is -2.28. The number of thioether (sulfide) groups is 3. The number of hydrogen-bond acceptors (Lipinski definition) is 6. The molecule has 1 aliphatic carbocycles. The molecule has 0 unspecified atom stereocenters. The number of nitrogens with zero attached hydrogens (tertiary/aromatic N) is 2. The van der Waals surface area contributed by atoms with Gasteiger partial charge in [0.25, 0.3) is 0 Å². The lowest BCUT2D eigenvalue weighted by molar-refractivity contribution is -0.438. The molecule has 2 aliphatic heterocycles. The molecule has 0 saturated carbocycles. The van der Waals surface area contributed by atoms with Crippen LogP contribution < -0.4 is 4.90 Å². The second kappa shape index (κ2) is 18.0. The Bertz CT molecular complexity index is 2090. The van der Waals surface area contributed by atoms with Crippen LogP contribution in [0.3, 0.4) is 0 Å². The van der Waals surface area contributed by atoms with Gasteiger partial charge in [-0.15, -0.1) is 0 Å². The maximum atomic E-state index is 9.15. The van der Waals surface area contributed by atoms with Crippen LogP contribution in [-0.2, 0) is 16.6 Å². The van der Waals surface area contributed by atoms with E-state index in [0.29, 0.717) is 14.5 Å². The molecule has 0 bridgehead atoms. The molecule has 3 aliphatic rings. The monoisotopic (exact) mass is 785 g/mol. The van der Waals surface area contributed by atoms with Crippen LogP contribution in [0.1, 0.15) is 102 Å². The normalized spacial score (nSPS) is 18.5. The second-order valence-corrected chi connectivity index (χ2v) is 19.2. The Morgan fingerprint density at radius 1 is 0.818 bits per heavy atom. The first-order valence-electron chi connectivity index (χ1n) is 19.8. The van der Waals surface area contributed by atoms with E-state index < -0.39 is 0 Å². The third-order valence-electron chi connectivity index (χ3n) is 11.2. The standard InChI is InChI=1S/C48H57N4S3/c1-8-11-31-51-40-19-15-13-17-38(40)47(4,5)42(51)29-27-36-25-26-37(28-30-43-48(6,7)39-18-14-16-20-41(39)52(43)32-12-9-2)44(36)54-46(50)55-45(49)53-33-35-23-21-34(10-3)22-24-35/h10,13-24,27-30,49-50H,3,8-9,11-12,25-26,31-33H2,1-2,4-7H3/q+1. The highest BCUT2D eigenvalue weighted by Crippen LogP contribution is 2.49. The number of nitrogens with one attached hydrogen (secondary N) is 2. The molecule has 0 amide bonds. The Kier molecular flexibility index (Phi) is 13.4. The van der Waals surface area contributed by atoms with Crippen molar-refractivity contribution in [3.8, 4) is 0 Å². The van der Waals surface area contributed by atoms with Gasteiger partial charge in [0, 0.05) is 58.1 Å². The minimum Gasteiger partial charge on any atom is -0.344 e. The Balaban J connectivity index is 1.32. The summed E-state index contributed by atoms with van der Waals surface area (Å²) in [6.45, 7) is 19.8. The summed E-state index contributed by atoms with van der Waals surface area (Å²) in [6.07, 6.45) is 17.7. The Hall–Kier alpha value is -3.78. The number of unbranched alkanes of at least 4 members (excludes halogenated alkanes) is 2. The van der Waals surface area contributed by atoms with Gasteiger partial charge in [0.2, 0.25) is 5.69 Å². The number of fused-ring (bicyclic) bond motifs is 2. The summed E-state index contributed by atoms with van der Waals surface area (Å²) in [5.74, 6) is 0.703. The summed E-state index contributed by atoms with van der Waals surface area (Å²) in [5.41, 5.74) is 12.6. The summed E-state index contributed by atoms with van der Waals surface area (Å²) >= 11 is 4.27. The van der Waals surface area contributed by atoms with E-state index in [1.165, 1.54) is 80.3 Å². The molecular formula is C48H57N4S3+. The molecule has 6 rings (SSSR count). The lowest BCUT2D eigenvalue weighted by atomic mass is 9.81. The Morgan fingerprint density at radius 2 is 1.53 bits per heavy atom. The Morgan fingerprint density at radius 3 is 2.25 bits per heavy atom. The zero-order chi connectivity index (χ0) is 39.2. The van der Waals surface area contributed by atoms with Crippen molar-refractivity contribution in [2.75, 3.05) is 18.0 Å². The van der Waals surface area contributed by atoms with Crippen LogP contribution in [0, 0.1) is 10.8 Å². The topological polar surface area (TPSA) is 54.0 Å². The van der Waals surface area contributed by atoms with E-state index >= 15 is 0 Å². The van der Waals surface area contributed by atoms with Crippen molar-refractivity contribution in [2.24, 2.45) is 0 Å². The molecule has 7 heteroatoms. The van der Waals surface area contributed by atoms with E-state index in [0.717, 1.165) is 67.6 Å².